The Bertz CT molecular complexity index is 1080. The van der Waals surface area contributed by atoms with Crippen molar-refractivity contribution in [2.75, 3.05) is 20.8 Å². The first-order valence-electron chi connectivity index (χ1n) is 10.7. The van der Waals surface area contributed by atoms with Crippen LogP contribution >= 0.6 is 0 Å². The van der Waals surface area contributed by atoms with Crippen LogP contribution in [0.15, 0.2) is 24.3 Å². The average Bonchev–Trinajstić information content (AvgIpc) is 2.86. The predicted molar refractivity (Wildman–Crippen MR) is 116 cm³/mol. The van der Waals surface area contributed by atoms with Gasteiger partial charge in [-0.15, -0.1) is 0 Å². The highest BCUT2D eigenvalue weighted by Gasteiger charge is 2.45. The number of ether oxygens (including phenoxy) is 5. The standard InChI is InChI=1S/C23H26O12/c1-31-14-5-9(13-7-12(26)10-3-4-11(25)17(27)21(10)33-13)6-15(32-2)22(14)35-23-20(30)19(29)18(28)16(8-24)34-23/h3-6,13,16,18-20,23-25,27-30H,7-8H2,1-2H3/t13-,16+,18+,19-,20+,23-/m0/s1. The molecule has 2 aromatic carbocycles. The number of ketones is 1. The number of carbonyl (C=O) groups is 1. The number of fused-ring (bicyclic) bond motifs is 1. The molecule has 1 saturated heterocycles. The van der Waals surface area contributed by atoms with E-state index in [0.717, 1.165) is 0 Å². The molecule has 12 heteroatoms. The molecule has 0 saturated carbocycles. The lowest BCUT2D eigenvalue weighted by atomic mass is 9.95. The smallest absolute Gasteiger partial charge is 0.229 e. The molecule has 2 heterocycles. The zero-order valence-corrected chi connectivity index (χ0v) is 18.8. The first-order chi connectivity index (χ1) is 16.7. The Balaban J connectivity index is 1.67. The van der Waals surface area contributed by atoms with Crippen LogP contribution < -0.4 is 18.9 Å². The molecule has 4 rings (SSSR count). The van der Waals surface area contributed by atoms with E-state index >= 15 is 0 Å². The summed E-state index contributed by atoms with van der Waals surface area (Å²) in [5.41, 5.74) is 0.555. The number of Topliss-reactive ketones (excluding diaryl/α,β-unsaturated/α-hetero) is 1. The van der Waals surface area contributed by atoms with Gasteiger partial charge in [-0.2, -0.15) is 0 Å². The molecule has 0 aliphatic carbocycles. The fourth-order valence-electron chi connectivity index (χ4n) is 4.03. The van der Waals surface area contributed by atoms with Gasteiger partial charge in [0.1, 0.15) is 30.5 Å². The van der Waals surface area contributed by atoms with Gasteiger partial charge in [-0.1, -0.05) is 0 Å². The van der Waals surface area contributed by atoms with Crippen molar-refractivity contribution in [2.45, 2.75) is 43.2 Å². The zero-order valence-electron chi connectivity index (χ0n) is 18.8. The summed E-state index contributed by atoms with van der Waals surface area (Å²) in [6.45, 7) is -0.630. The monoisotopic (exact) mass is 494 g/mol. The van der Waals surface area contributed by atoms with Crippen molar-refractivity contribution in [3.05, 3.63) is 35.4 Å². The third-order valence-electron chi connectivity index (χ3n) is 5.98. The van der Waals surface area contributed by atoms with Crippen LogP contribution in [0.4, 0.5) is 0 Å². The summed E-state index contributed by atoms with van der Waals surface area (Å²) < 4.78 is 27.8. The first-order valence-corrected chi connectivity index (χ1v) is 10.7. The van der Waals surface area contributed by atoms with E-state index in [4.69, 9.17) is 23.7 Å². The number of benzene rings is 2. The molecule has 0 spiro atoms. The second-order valence-electron chi connectivity index (χ2n) is 8.11. The molecule has 2 aliphatic heterocycles. The summed E-state index contributed by atoms with van der Waals surface area (Å²) in [4.78, 5) is 12.7. The van der Waals surface area contributed by atoms with Gasteiger partial charge in [0.15, 0.2) is 28.8 Å². The molecule has 6 atom stereocenters. The molecule has 0 bridgehead atoms. The van der Waals surface area contributed by atoms with Gasteiger partial charge in [-0.25, -0.2) is 0 Å². The van der Waals surface area contributed by atoms with Gasteiger partial charge >= 0.3 is 0 Å². The second kappa shape index (κ2) is 9.76. The Morgan fingerprint density at radius 1 is 1.00 bits per heavy atom. The van der Waals surface area contributed by atoms with Crippen LogP contribution in [0.3, 0.4) is 0 Å². The van der Waals surface area contributed by atoms with Crippen molar-refractivity contribution in [3.8, 4) is 34.5 Å². The van der Waals surface area contributed by atoms with Crippen molar-refractivity contribution < 1.29 is 59.1 Å². The lowest BCUT2D eigenvalue weighted by Gasteiger charge is -2.39. The third kappa shape index (κ3) is 4.42. The molecule has 6 N–H and O–H groups in total. The number of hydrogen-bond donors (Lipinski definition) is 6. The summed E-state index contributed by atoms with van der Waals surface area (Å²) in [7, 11) is 2.68. The van der Waals surface area contributed by atoms with Crippen LogP contribution in [-0.2, 0) is 4.74 Å². The van der Waals surface area contributed by atoms with Gasteiger partial charge < -0.3 is 54.3 Å². The summed E-state index contributed by atoms with van der Waals surface area (Å²) in [6.07, 6.45) is -8.47. The van der Waals surface area contributed by atoms with Crippen molar-refractivity contribution in [1.29, 1.82) is 0 Å². The highest BCUT2D eigenvalue weighted by Crippen LogP contribution is 2.47. The molecule has 1 fully saturated rings. The molecule has 2 aliphatic rings. The minimum Gasteiger partial charge on any atom is -0.504 e. The molecule has 0 amide bonds. The molecule has 0 aromatic heterocycles. The lowest BCUT2D eigenvalue weighted by molar-refractivity contribution is -0.277. The van der Waals surface area contributed by atoms with E-state index in [1.165, 1.54) is 38.5 Å². The number of rotatable bonds is 6. The largest absolute Gasteiger partial charge is 0.504 e. The Hall–Kier alpha value is -3.29. The number of carbonyl (C=O) groups excluding carboxylic acids is 1. The van der Waals surface area contributed by atoms with Crippen molar-refractivity contribution in [1.82, 2.24) is 0 Å². The maximum Gasteiger partial charge on any atom is 0.229 e. The van der Waals surface area contributed by atoms with E-state index in [0.29, 0.717) is 5.56 Å². The van der Waals surface area contributed by atoms with Crippen LogP contribution in [0, 0.1) is 0 Å². The molecular formula is C23H26O12. The third-order valence-corrected chi connectivity index (χ3v) is 5.98. The van der Waals surface area contributed by atoms with Crippen LogP contribution in [0.25, 0.3) is 0 Å². The van der Waals surface area contributed by atoms with E-state index in [1.807, 2.05) is 0 Å². The zero-order chi connectivity index (χ0) is 25.4. The topological polar surface area (TPSA) is 185 Å². The van der Waals surface area contributed by atoms with Gasteiger partial charge in [0.2, 0.25) is 17.8 Å². The van der Waals surface area contributed by atoms with Crippen molar-refractivity contribution in [2.24, 2.45) is 0 Å². The highest BCUT2D eigenvalue weighted by molar-refractivity contribution is 6.01. The van der Waals surface area contributed by atoms with Crippen LogP contribution in [0.2, 0.25) is 0 Å². The molecule has 0 radical (unpaired) electrons. The average molecular weight is 494 g/mol. The summed E-state index contributed by atoms with van der Waals surface area (Å²) in [6, 6.07) is 5.55. The second-order valence-corrected chi connectivity index (χ2v) is 8.11. The van der Waals surface area contributed by atoms with Gasteiger partial charge in [0.05, 0.1) is 32.8 Å². The molecule has 35 heavy (non-hydrogen) atoms. The van der Waals surface area contributed by atoms with E-state index in [9.17, 15) is 35.4 Å². The van der Waals surface area contributed by atoms with E-state index < -0.39 is 54.9 Å². The van der Waals surface area contributed by atoms with Gasteiger partial charge in [0.25, 0.3) is 0 Å². The van der Waals surface area contributed by atoms with Gasteiger partial charge in [-0.05, 0) is 24.3 Å². The molecular weight excluding hydrogens is 468 g/mol. The van der Waals surface area contributed by atoms with E-state index in [-0.39, 0.29) is 40.8 Å². The molecule has 2 aromatic rings. The van der Waals surface area contributed by atoms with Crippen LogP contribution in [0.1, 0.15) is 28.4 Å². The van der Waals surface area contributed by atoms with Gasteiger partial charge in [-0.3, -0.25) is 4.79 Å². The van der Waals surface area contributed by atoms with Gasteiger partial charge in [0, 0.05) is 5.56 Å². The number of methoxy groups -OCH3 is 2. The Morgan fingerprint density at radius 3 is 2.26 bits per heavy atom. The SMILES string of the molecule is COc1cc([C@@H]2CC(=O)c3ccc(O)c(O)c3O2)cc(OC)c1O[C@@H]1O[C@H](CO)[C@@H](O)[C@H](O)[C@H]1O. The summed E-state index contributed by atoms with van der Waals surface area (Å²) >= 11 is 0. The predicted octanol–water partition coefficient (Wildman–Crippen LogP) is 0.000200. The van der Waals surface area contributed by atoms with Crippen LogP contribution in [-0.4, -0.2) is 88.0 Å². The normalized spacial score (nSPS) is 28.1. The summed E-state index contributed by atoms with van der Waals surface area (Å²) in [5, 5.41) is 59.7. The fourth-order valence-corrected chi connectivity index (χ4v) is 4.03. The van der Waals surface area contributed by atoms with E-state index in [2.05, 4.69) is 0 Å². The minimum absolute atomic E-state index is 0.0221. The number of hydrogen-bond acceptors (Lipinski definition) is 12. The summed E-state index contributed by atoms with van der Waals surface area (Å²) in [5.74, 6) is -1.28. The maximum atomic E-state index is 12.7. The lowest BCUT2D eigenvalue weighted by Crippen LogP contribution is -2.60. The molecule has 0 unspecified atom stereocenters. The Kier molecular flexibility index (Phi) is 6.92. The van der Waals surface area contributed by atoms with E-state index in [1.54, 1.807) is 0 Å². The number of aliphatic hydroxyl groups is 4. The number of aliphatic hydroxyl groups excluding tert-OH is 4. The number of phenols is 2. The number of aromatic hydroxyl groups is 2. The Labute approximate surface area is 199 Å². The fraction of sp³-hybridized carbons (Fsp3) is 0.435. The minimum atomic E-state index is -1.66. The number of phenolic OH excluding ortho intramolecular Hbond substituents is 2. The van der Waals surface area contributed by atoms with Crippen molar-refractivity contribution >= 4 is 5.78 Å². The maximum absolute atomic E-state index is 12.7. The Morgan fingerprint density at radius 2 is 1.66 bits per heavy atom. The molecule has 190 valence electrons. The molecule has 12 nitrogen and oxygen atoms in total. The first kappa shape index (κ1) is 24.8. The van der Waals surface area contributed by atoms with Crippen LogP contribution in [0.5, 0.6) is 34.5 Å². The highest BCUT2D eigenvalue weighted by atomic mass is 16.7. The van der Waals surface area contributed by atoms with Crippen molar-refractivity contribution in [3.63, 3.8) is 0 Å². The quantitative estimate of drug-likeness (QED) is 0.296.